The van der Waals surface area contributed by atoms with E-state index in [1.165, 1.54) is 0 Å². The predicted octanol–water partition coefficient (Wildman–Crippen LogP) is 3.37. The van der Waals surface area contributed by atoms with Crippen LogP contribution < -0.4 is 16.8 Å². The summed E-state index contributed by atoms with van der Waals surface area (Å²) in [5, 5.41) is 5.47. The average molecular weight is 292 g/mol. The third-order valence-corrected chi connectivity index (χ3v) is 3.82. The molecule has 0 spiro atoms. The van der Waals surface area contributed by atoms with Crippen LogP contribution in [0.5, 0.6) is 0 Å². The molecule has 0 amide bonds. The van der Waals surface area contributed by atoms with E-state index in [-0.39, 0.29) is 0 Å². The predicted molar refractivity (Wildman–Crippen MR) is 93.6 cm³/mol. The van der Waals surface area contributed by atoms with Gasteiger partial charge in [-0.2, -0.15) is 0 Å². The number of benzene rings is 2. The lowest BCUT2D eigenvalue weighted by atomic mass is 9.95. The van der Waals surface area contributed by atoms with E-state index in [2.05, 4.69) is 41.5 Å². The summed E-state index contributed by atoms with van der Waals surface area (Å²) in [6.07, 6.45) is 1.74. The summed E-state index contributed by atoms with van der Waals surface area (Å²) in [7, 11) is 0. The summed E-state index contributed by atoms with van der Waals surface area (Å²) in [5.74, 6) is 0.558. The van der Waals surface area contributed by atoms with Gasteiger partial charge in [-0.3, -0.25) is 0 Å². The Hall–Kier alpha value is -2.59. The lowest BCUT2D eigenvalue weighted by Crippen LogP contribution is -2.04. The first kappa shape index (κ1) is 14.4. The van der Waals surface area contributed by atoms with Crippen LogP contribution >= 0.6 is 0 Å². The molecule has 0 fully saturated rings. The van der Waals surface area contributed by atoms with E-state index in [1.54, 1.807) is 6.20 Å². The van der Waals surface area contributed by atoms with E-state index in [0.717, 1.165) is 39.7 Å². The monoisotopic (exact) mass is 292 g/mol. The fourth-order valence-corrected chi connectivity index (χ4v) is 2.81. The molecule has 0 saturated heterocycles. The Balaban J connectivity index is 2.22. The van der Waals surface area contributed by atoms with Gasteiger partial charge in [0.05, 0.1) is 0 Å². The van der Waals surface area contributed by atoms with E-state index in [4.69, 9.17) is 11.5 Å². The van der Waals surface area contributed by atoms with Crippen LogP contribution in [0.1, 0.15) is 12.5 Å². The first-order chi connectivity index (χ1) is 10.7. The molecule has 1 heterocycles. The van der Waals surface area contributed by atoms with Gasteiger partial charge in [0.15, 0.2) is 0 Å². The van der Waals surface area contributed by atoms with Crippen molar-refractivity contribution in [3.05, 3.63) is 54.2 Å². The van der Waals surface area contributed by atoms with Crippen LogP contribution in [0.2, 0.25) is 0 Å². The second kappa shape index (κ2) is 6.03. The molecule has 3 aromatic rings. The second-order valence-electron chi connectivity index (χ2n) is 5.21. The minimum Gasteiger partial charge on any atom is -0.385 e. The number of pyridine rings is 1. The third-order valence-electron chi connectivity index (χ3n) is 3.82. The number of hydrogen-bond acceptors (Lipinski definition) is 4. The number of rotatable bonds is 4. The summed E-state index contributed by atoms with van der Waals surface area (Å²) in [4.78, 5) is 4.14. The van der Waals surface area contributed by atoms with Crippen molar-refractivity contribution in [1.29, 1.82) is 0 Å². The zero-order valence-corrected chi connectivity index (χ0v) is 12.6. The molecule has 0 aliphatic rings. The van der Waals surface area contributed by atoms with Crippen LogP contribution in [0.25, 0.3) is 21.9 Å². The lowest BCUT2D eigenvalue weighted by Gasteiger charge is -2.16. The molecule has 0 aliphatic heterocycles. The second-order valence-corrected chi connectivity index (χ2v) is 5.21. The largest absolute Gasteiger partial charge is 0.385 e. The molecule has 0 bridgehead atoms. The zero-order valence-electron chi connectivity index (χ0n) is 12.6. The minimum absolute atomic E-state index is 0.505. The van der Waals surface area contributed by atoms with E-state index in [1.807, 2.05) is 18.2 Å². The molecule has 22 heavy (non-hydrogen) atoms. The summed E-state index contributed by atoms with van der Waals surface area (Å²) >= 11 is 0. The average Bonchev–Trinajstić information content (AvgIpc) is 2.55. The Morgan fingerprint density at radius 3 is 2.77 bits per heavy atom. The molecule has 3 rings (SSSR count). The highest BCUT2D eigenvalue weighted by Crippen LogP contribution is 2.34. The van der Waals surface area contributed by atoms with Gasteiger partial charge in [-0.15, -0.1) is 0 Å². The Morgan fingerprint density at radius 2 is 2.00 bits per heavy atom. The van der Waals surface area contributed by atoms with Gasteiger partial charge in [0.1, 0.15) is 5.82 Å². The molecule has 0 saturated carbocycles. The molecule has 112 valence electrons. The molecule has 0 aliphatic carbocycles. The quantitative estimate of drug-likeness (QED) is 0.689. The van der Waals surface area contributed by atoms with Gasteiger partial charge in [0.2, 0.25) is 0 Å². The zero-order chi connectivity index (χ0) is 15.5. The first-order valence-corrected chi connectivity index (χ1v) is 7.45. The molecule has 0 radical (unpaired) electrons. The third kappa shape index (κ3) is 2.49. The van der Waals surface area contributed by atoms with Crippen molar-refractivity contribution in [2.75, 3.05) is 17.6 Å². The highest BCUT2D eigenvalue weighted by molar-refractivity contribution is 5.95. The standard InChI is InChI=1S/C18H20N4/c1-2-21-16-5-3-4-14(11-19)17(16)13-6-7-15-12(10-13)8-9-22-18(15)20/h3-10,21H,2,11,19H2,1H3,(H2,20,22). The fraction of sp³-hybridized carbons (Fsp3) is 0.167. The molecule has 5 N–H and O–H groups in total. The van der Waals surface area contributed by atoms with E-state index in [9.17, 15) is 0 Å². The van der Waals surface area contributed by atoms with Crippen molar-refractivity contribution in [1.82, 2.24) is 4.98 Å². The summed E-state index contributed by atoms with van der Waals surface area (Å²) in [5.41, 5.74) is 16.4. The van der Waals surface area contributed by atoms with Crippen LogP contribution in [0.3, 0.4) is 0 Å². The first-order valence-electron chi connectivity index (χ1n) is 7.45. The van der Waals surface area contributed by atoms with Crippen LogP contribution in [-0.4, -0.2) is 11.5 Å². The van der Waals surface area contributed by atoms with Crippen LogP contribution in [0.15, 0.2) is 48.7 Å². The number of fused-ring (bicyclic) bond motifs is 1. The van der Waals surface area contributed by atoms with Crippen molar-refractivity contribution in [2.45, 2.75) is 13.5 Å². The van der Waals surface area contributed by atoms with Crippen molar-refractivity contribution in [3.63, 3.8) is 0 Å². The number of nitrogens with two attached hydrogens (primary N) is 2. The molecule has 1 aromatic heterocycles. The normalized spacial score (nSPS) is 10.8. The number of anilines is 2. The van der Waals surface area contributed by atoms with Gasteiger partial charge in [-0.25, -0.2) is 4.98 Å². The van der Waals surface area contributed by atoms with Crippen LogP contribution in [0, 0.1) is 0 Å². The van der Waals surface area contributed by atoms with Crippen LogP contribution in [0.4, 0.5) is 11.5 Å². The molecule has 0 atom stereocenters. The highest BCUT2D eigenvalue weighted by Gasteiger charge is 2.10. The van der Waals surface area contributed by atoms with Crippen molar-refractivity contribution in [3.8, 4) is 11.1 Å². The number of hydrogen-bond donors (Lipinski definition) is 3. The fourth-order valence-electron chi connectivity index (χ4n) is 2.81. The van der Waals surface area contributed by atoms with Gasteiger partial charge >= 0.3 is 0 Å². The van der Waals surface area contributed by atoms with E-state index < -0.39 is 0 Å². The van der Waals surface area contributed by atoms with Crippen LogP contribution in [-0.2, 0) is 6.54 Å². The Labute approximate surface area is 130 Å². The molecule has 2 aromatic carbocycles. The Bertz CT molecular complexity index is 811. The maximum atomic E-state index is 5.94. The maximum Gasteiger partial charge on any atom is 0.131 e. The number of nitrogens with zero attached hydrogens (tertiary/aromatic N) is 1. The molecule has 4 nitrogen and oxygen atoms in total. The minimum atomic E-state index is 0.505. The number of nitrogen functional groups attached to an aromatic ring is 1. The lowest BCUT2D eigenvalue weighted by molar-refractivity contribution is 1.07. The summed E-state index contributed by atoms with van der Waals surface area (Å²) in [6, 6.07) is 14.4. The van der Waals surface area contributed by atoms with Gasteiger partial charge in [0, 0.05) is 35.9 Å². The Morgan fingerprint density at radius 1 is 1.14 bits per heavy atom. The van der Waals surface area contributed by atoms with Crippen molar-refractivity contribution >= 4 is 22.3 Å². The SMILES string of the molecule is CCNc1cccc(CN)c1-c1ccc2c(N)nccc2c1. The smallest absolute Gasteiger partial charge is 0.131 e. The molecule has 0 unspecified atom stereocenters. The molecule has 4 heteroatoms. The van der Waals surface area contributed by atoms with E-state index >= 15 is 0 Å². The number of aromatic nitrogens is 1. The summed E-state index contributed by atoms with van der Waals surface area (Å²) in [6.45, 7) is 3.46. The number of nitrogens with one attached hydrogen (secondary N) is 1. The molecular weight excluding hydrogens is 272 g/mol. The maximum absolute atomic E-state index is 5.94. The van der Waals surface area contributed by atoms with Crippen molar-refractivity contribution in [2.24, 2.45) is 5.73 Å². The summed E-state index contributed by atoms with van der Waals surface area (Å²) < 4.78 is 0. The van der Waals surface area contributed by atoms with E-state index in [0.29, 0.717) is 12.4 Å². The van der Waals surface area contributed by atoms with Gasteiger partial charge in [0.25, 0.3) is 0 Å². The van der Waals surface area contributed by atoms with Gasteiger partial charge in [-0.05, 0) is 41.6 Å². The topological polar surface area (TPSA) is 77.0 Å². The Kier molecular flexibility index (Phi) is 3.94. The molecular formula is C18H20N4. The van der Waals surface area contributed by atoms with Gasteiger partial charge < -0.3 is 16.8 Å². The van der Waals surface area contributed by atoms with Crippen molar-refractivity contribution < 1.29 is 0 Å². The highest BCUT2D eigenvalue weighted by atomic mass is 14.9. The van der Waals surface area contributed by atoms with Gasteiger partial charge in [-0.1, -0.05) is 24.3 Å².